The normalized spacial score (nSPS) is 27.3. The number of benzene rings is 1. The summed E-state index contributed by atoms with van der Waals surface area (Å²) in [5.74, 6) is 0. The monoisotopic (exact) mass is 328 g/mol. The number of hydrogen-bond acceptors (Lipinski definition) is 3. The van der Waals surface area contributed by atoms with E-state index in [1.54, 1.807) is 7.05 Å². The van der Waals surface area contributed by atoms with Crippen LogP contribution in [0.3, 0.4) is 0 Å². The van der Waals surface area contributed by atoms with Crippen molar-refractivity contribution in [3.05, 3.63) is 34.7 Å². The Hall–Kier alpha value is -2.08. The average Bonchev–Trinajstić information content (AvgIpc) is 2.80. The summed E-state index contributed by atoms with van der Waals surface area (Å²) >= 11 is 0. The first-order chi connectivity index (χ1) is 11.6. The van der Waals surface area contributed by atoms with Crippen molar-refractivity contribution in [1.82, 2.24) is 19.4 Å². The van der Waals surface area contributed by atoms with Crippen LogP contribution < -0.4 is 11.0 Å². The van der Waals surface area contributed by atoms with Crippen molar-refractivity contribution in [2.75, 3.05) is 7.05 Å². The van der Waals surface area contributed by atoms with E-state index in [0.717, 1.165) is 18.4 Å². The number of fused-ring (bicyclic) bond motifs is 3. The van der Waals surface area contributed by atoms with Crippen LogP contribution in [0.5, 0.6) is 0 Å². The van der Waals surface area contributed by atoms with Crippen LogP contribution in [0.1, 0.15) is 32.1 Å². The number of amides is 1. The van der Waals surface area contributed by atoms with E-state index in [2.05, 4.69) is 17.3 Å². The van der Waals surface area contributed by atoms with Crippen molar-refractivity contribution in [1.29, 1.82) is 0 Å². The average molecular weight is 328 g/mol. The van der Waals surface area contributed by atoms with E-state index in [1.807, 2.05) is 24.3 Å². The van der Waals surface area contributed by atoms with E-state index in [9.17, 15) is 9.59 Å². The Kier molecular flexibility index (Phi) is 3.72. The van der Waals surface area contributed by atoms with E-state index < -0.39 is 0 Å². The van der Waals surface area contributed by atoms with Gasteiger partial charge in [-0.15, -0.1) is 0 Å². The molecule has 2 bridgehead atoms. The number of rotatable bonds is 1. The summed E-state index contributed by atoms with van der Waals surface area (Å²) in [5.41, 5.74) is 1.15. The van der Waals surface area contributed by atoms with Crippen molar-refractivity contribution < 1.29 is 4.79 Å². The van der Waals surface area contributed by atoms with Crippen molar-refractivity contribution in [3.63, 3.8) is 0 Å². The van der Waals surface area contributed by atoms with Gasteiger partial charge in [0.05, 0.1) is 11.0 Å². The lowest BCUT2D eigenvalue weighted by Gasteiger charge is -2.47. The largest absolute Gasteiger partial charge is 0.337 e. The van der Waals surface area contributed by atoms with E-state index >= 15 is 0 Å². The van der Waals surface area contributed by atoms with Crippen LogP contribution in [0.2, 0.25) is 0 Å². The van der Waals surface area contributed by atoms with Gasteiger partial charge in [-0.05, 0) is 44.9 Å². The highest BCUT2D eigenvalue weighted by Crippen LogP contribution is 2.32. The summed E-state index contributed by atoms with van der Waals surface area (Å²) in [5, 5.41) is 3.11. The lowest BCUT2D eigenvalue weighted by molar-refractivity contribution is 0.0509. The number of hydrogen-bond donors (Lipinski definition) is 1. The minimum absolute atomic E-state index is 0.148. The molecule has 1 aromatic carbocycles. The smallest absolute Gasteiger partial charge is 0.334 e. The van der Waals surface area contributed by atoms with E-state index in [1.165, 1.54) is 28.4 Å². The summed E-state index contributed by atoms with van der Waals surface area (Å²) in [6.07, 6.45) is 5.63. The molecule has 1 N–H and O–H groups in total. The summed E-state index contributed by atoms with van der Waals surface area (Å²) < 4.78 is 2.79. The summed E-state index contributed by atoms with van der Waals surface area (Å²) in [6.45, 7) is 0. The quantitative estimate of drug-likeness (QED) is 0.870. The molecule has 6 nitrogen and oxygen atoms in total. The second kappa shape index (κ2) is 5.77. The molecule has 2 fully saturated rings. The molecule has 2 unspecified atom stereocenters. The minimum Gasteiger partial charge on any atom is -0.334 e. The van der Waals surface area contributed by atoms with Crippen LogP contribution in [-0.4, -0.2) is 45.2 Å². The molecule has 0 spiro atoms. The molecule has 2 saturated heterocycles. The number of piperidine rings is 2. The van der Waals surface area contributed by atoms with Gasteiger partial charge < -0.3 is 10.2 Å². The summed E-state index contributed by atoms with van der Waals surface area (Å²) in [4.78, 5) is 27.7. The molecule has 2 atom stereocenters. The van der Waals surface area contributed by atoms with Crippen LogP contribution in [-0.2, 0) is 7.05 Å². The first-order valence-electron chi connectivity index (χ1n) is 8.75. The number of aryl methyl sites for hydroxylation is 1. The second-order valence-corrected chi connectivity index (χ2v) is 7.19. The number of carbonyl (C=O) groups excluding carboxylic acids is 1. The molecule has 1 aromatic heterocycles. The molecule has 2 aliphatic rings. The Morgan fingerprint density at radius 2 is 1.71 bits per heavy atom. The number of para-hydroxylation sites is 2. The number of nitrogens with zero attached hydrogens (tertiary/aromatic N) is 3. The maximum atomic E-state index is 12.8. The van der Waals surface area contributed by atoms with Crippen molar-refractivity contribution in [2.24, 2.45) is 7.05 Å². The van der Waals surface area contributed by atoms with E-state index in [4.69, 9.17) is 0 Å². The van der Waals surface area contributed by atoms with E-state index in [0.29, 0.717) is 17.6 Å². The first kappa shape index (κ1) is 15.4. The zero-order valence-electron chi connectivity index (χ0n) is 14.2. The van der Waals surface area contributed by atoms with Gasteiger partial charge in [0.1, 0.15) is 0 Å². The fraction of sp³-hybridized carbons (Fsp3) is 0.556. The Balaban J connectivity index is 1.60. The Morgan fingerprint density at radius 3 is 2.38 bits per heavy atom. The molecular weight excluding hydrogens is 304 g/mol. The molecule has 128 valence electrons. The van der Waals surface area contributed by atoms with Gasteiger partial charge >= 0.3 is 11.7 Å². The molecule has 0 aliphatic carbocycles. The maximum absolute atomic E-state index is 12.8. The lowest BCUT2D eigenvalue weighted by Crippen LogP contribution is -2.56. The molecule has 1 amide bonds. The predicted molar refractivity (Wildman–Crippen MR) is 93.3 cm³/mol. The highest BCUT2D eigenvalue weighted by atomic mass is 16.2. The Morgan fingerprint density at radius 1 is 1.08 bits per heavy atom. The van der Waals surface area contributed by atoms with Gasteiger partial charge in [-0.1, -0.05) is 18.6 Å². The van der Waals surface area contributed by atoms with Crippen LogP contribution in [0.4, 0.5) is 4.79 Å². The SMILES string of the molecule is CN1C2CCCC1CC(NC(=O)n1c(=O)n(C)c3ccccc31)C2. The third-order valence-corrected chi connectivity index (χ3v) is 5.83. The van der Waals surface area contributed by atoms with Crippen LogP contribution >= 0.6 is 0 Å². The van der Waals surface area contributed by atoms with Gasteiger partial charge in [-0.2, -0.15) is 0 Å². The maximum Gasteiger partial charge on any atom is 0.337 e. The molecule has 0 saturated carbocycles. The highest BCUT2D eigenvalue weighted by Gasteiger charge is 2.36. The standard InChI is InChI=1S/C18H24N4O2/c1-20-13-6-5-7-14(20)11-12(10-13)19-17(23)22-16-9-4-3-8-15(16)21(2)18(22)24/h3-4,8-9,12-14H,5-7,10-11H2,1-2H3,(H,19,23). The predicted octanol–water partition coefficient (Wildman–Crippen LogP) is 1.91. The van der Waals surface area contributed by atoms with Gasteiger partial charge in [0.2, 0.25) is 0 Å². The number of nitrogens with one attached hydrogen (secondary N) is 1. The lowest BCUT2D eigenvalue weighted by atomic mass is 9.82. The van der Waals surface area contributed by atoms with Crippen LogP contribution in [0.25, 0.3) is 11.0 Å². The van der Waals surface area contributed by atoms with Crippen LogP contribution in [0, 0.1) is 0 Å². The van der Waals surface area contributed by atoms with Crippen LogP contribution in [0.15, 0.2) is 29.1 Å². The first-order valence-corrected chi connectivity index (χ1v) is 8.75. The molecule has 3 heterocycles. The van der Waals surface area contributed by atoms with Crippen molar-refractivity contribution in [3.8, 4) is 0 Å². The number of carbonyl (C=O) groups is 1. The van der Waals surface area contributed by atoms with E-state index in [-0.39, 0.29) is 17.8 Å². The number of imidazole rings is 1. The molecule has 2 aromatic rings. The Bertz CT molecular complexity index is 823. The van der Waals surface area contributed by atoms with Gasteiger partial charge in [-0.25, -0.2) is 14.2 Å². The third kappa shape index (κ3) is 2.36. The molecule has 0 radical (unpaired) electrons. The van der Waals surface area contributed by atoms with Gasteiger partial charge in [0.15, 0.2) is 0 Å². The fourth-order valence-corrected chi connectivity index (χ4v) is 4.46. The highest BCUT2D eigenvalue weighted by molar-refractivity contribution is 5.89. The Labute approximate surface area is 141 Å². The minimum atomic E-state index is -0.301. The molecule has 4 rings (SSSR count). The molecule has 2 aliphatic heterocycles. The summed E-state index contributed by atoms with van der Waals surface area (Å²) in [6, 6.07) is 8.35. The van der Waals surface area contributed by atoms with Crippen molar-refractivity contribution >= 4 is 17.1 Å². The summed E-state index contributed by atoms with van der Waals surface area (Å²) in [7, 11) is 3.90. The third-order valence-electron chi connectivity index (χ3n) is 5.83. The topological polar surface area (TPSA) is 59.3 Å². The number of aromatic nitrogens is 2. The second-order valence-electron chi connectivity index (χ2n) is 7.19. The van der Waals surface area contributed by atoms with Gasteiger partial charge in [0, 0.05) is 25.2 Å². The van der Waals surface area contributed by atoms with Crippen molar-refractivity contribution in [2.45, 2.75) is 50.2 Å². The fourth-order valence-electron chi connectivity index (χ4n) is 4.46. The molecule has 6 heteroatoms. The zero-order chi connectivity index (χ0) is 16.8. The van der Waals surface area contributed by atoms with Gasteiger partial charge in [-0.3, -0.25) is 4.57 Å². The molecular formula is C18H24N4O2. The van der Waals surface area contributed by atoms with Gasteiger partial charge in [0.25, 0.3) is 0 Å². The zero-order valence-corrected chi connectivity index (χ0v) is 14.2. The molecule has 24 heavy (non-hydrogen) atoms.